The zero-order valence-electron chi connectivity index (χ0n) is 31.1. The zero-order valence-corrected chi connectivity index (χ0v) is 31.1. The van der Waals surface area contributed by atoms with E-state index in [4.69, 9.17) is 23.8 Å². The number of para-hydroxylation sites is 2. The molecule has 0 aliphatic heterocycles. The Bertz CT molecular complexity index is 3580. The van der Waals surface area contributed by atoms with E-state index in [-0.39, 0.29) is 0 Å². The van der Waals surface area contributed by atoms with Gasteiger partial charge in [0.15, 0.2) is 17.5 Å². The van der Waals surface area contributed by atoms with Crippen LogP contribution in [0.3, 0.4) is 0 Å². The van der Waals surface area contributed by atoms with E-state index < -0.39 is 0 Å². The van der Waals surface area contributed by atoms with Gasteiger partial charge in [0.2, 0.25) is 0 Å². The maximum absolute atomic E-state index is 6.66. The number of hydrogen-bond donors (Lipinski definition) is 0. The lowest BCUT2D eigenvalue weighted by Gasteiger charge is -2.15. The predicted molar refractivity (Wildman–Crippen MR) is 237 cm³/mol. The molecule has 0 spiro atoms. The van der Waals surface area contributed by atoms with Gasteiger partial charge < -0.3 is 8.83 Å². The highest BCUT2D eigenvalue weighted by atomic mass is 16.3. The van der Waals surface area contributed by atoms with Crippen molar-refractivity contribution in [3.63, 3.8) is 0 Å². The molecule has 0 saturated carbocycles. The Labute approximate surface area is 332 Å². The van der Waals surface area contributed by atoms with Gasteiger partial charge in [0.1, 0.15) is 22.3 Å². The third-order valence-electron chi connectivity index (χ3n) is 11.4. The molecule has 0 aliphatic rings. The van der Waals surface area contributed by atoms with E-state index in [1.54, 1.807) is 0 Å². The molecule has 0 radical (unpaired) electrons. The van der Waals surface area contributed by atoms with Gasteiger partial charge in [-0.15, -0.1) is 0 Å². The molecule has 0 atom stereocenters. The largest absolute Gasteiger partial charge is 0.456 e. The Kier molecular flexibility index (Phi) is 7.16. The van der Waals surface area contributed by atoms with Gasteiger partial charge in [-0.1, -0.05) is 152 Å². The van der Waals surface area contributed by atoms with Crippen LogP contribution in [0.2, 0.25) is 0 Å². The maximum Gasteiger partial charge on any atom is 0.164 e. The van der Waals surface area contributed by atoms with Crippen LogP contribution in [0.15, 0.2) is 197 Å². The molecule has 5 nitrogen and oxygen atoms in total. The lowest BCUT2D eigenvalue weighted by molar-refractivity contribution is 0.669. The summed E-state index contributed by atoms with van der Waals surface area (Å²) in [6, 6.07) is 65.1. The molecule has 0 aliphatic carbocycles. The van der Waals surface area contributed by atoms with Crippen molar-refractivity contribution in [1.82, 2.24) is 15.0 Å². The van der Waals surface area contributed by atoms with E-state index in [9.17, 15) is 0 Å². The fraction of sp³-hybridized carbons (Fsp3) is 0. The molecule has 58 heavy (non-hydrogen) atoms. The number of rotatable bonds is 5. The second-order valence-corrected chi connectivity index (χ2v) is 14.7. The molecular weight excluding hydrogens is 711 g/mol. The van der Waals surface area contributed by atoms with Crippen LogP contribution in [0.5, 0.6) is 0 Å². The molecule has 12 aromatic rings. The minimum absolute atomic E-state index is 0.585. The summed E-state index contributed by atoms with van der Waals surface area (Å²) >= 11 is 0. The summed E-state index contributed by atoms with van der Waals surface area (Å²) in [4.78, 5) is 15.8. The van der Waals surface area contributed by atoms with Crippen molar-refractivity contribution in [2.75, 3.05) is 0 Å². The van der Waals surface area contributed by atoms with Gasteiger partial charge in [-0.2, -0.15) is 0 Å². The maximum atomic E-state index is 6.66. The van der Waals surface area contributed by atoms with Gasteiger partial charge >= 0.3 is 0 Å². The third kappa shape index (κ3) is 5.07. The van der Waals surface area contributed by atoms with Gasteiger partial charge in [0.25, 0.3) is 0 Å². The van der Waals surface area contributed by atoms with Gasteiger partial charge in [-0.05, 0) is 74.6 Å². The molecule has 9 aromatic carbocycles. The molecule has 5 heteroatoms. The number of nitrogens with zero attached hydrogens (tertiary/aromatic N) is 3. The third-order valence-corrected chi connectivity index (χ3v) is 11.4. The standard InChI is InChI=1S/C53H31N3O2/c1-2-14-33(15-3-1)36-27-29-40(49-43-20-9-11-23-46(43)58-50(36)49)39-28-30-41(38-18-7-6-17-37(38)39)52-54-51(35-26-25-32-13-4-5-16-34(32)31-35)55-53(56-52)44-21-12-24-47-48(44)42-19-8-10-22-45(42)57-47/h1-31H. The fourth-order valence-electron chi connectivity index (χ4n) is 8.66. The summed E-state index contributed by atoms with van der Waals surface area (Å²) in [6.45, 7) is 0. The lowest BCUT2D eigenvalue weighted by atomic mass is 9.90. The van der Waals surface area contributed by atoms with Crippen LogP contribution >= 0.6 is 0 Å². The SMILES string of the molecule is c1ccc(-c2ccc(-c3ccc(-c4nc(-c5ccc6ccccc6c5)nc(-c5cccc6oc7ccccc7c56)n4)c4ccccc34)c3c2oc2ccccc23)cc1. The number of furan rings is 2. The zero-order chi connectivity index (χ0) is 38.2. The summed E-state index contributed by atoms with van der Waals surface area (Å²) in [5.74, 6) is 1.78. The Balaban J connectivity index is 1.10. The molecule has 0 N–H and O–H groups in total. The second-order valence-electron chi connectivity index (χ2n) is 14.7. The van der Waals surface area contributed by atoms with Crippen LogP contribution in [0.1, 0.15) is 0 Å². The lowest BCUT2D eigenvalue weighted by Crippen LogP contribution is -2.01. The van der Waals surface area contributed by atoms with E-state index in [1.165, 1.54) is 0 Å². The quantitative estimate of drug-likeness (QED) is 0.176. The van der Waals surface area contributed by atoms with Crippen LogP contribution in [-0.2, 0) is 0 Å². The first kappa shape index (κ1) is 32.4. The molecule has 3 heterocycles. The number of aromatic nitrogens is 3. The first-order valence-electron chi connectivity index (χ1n) is 19.4. The Morgan fingerprint density at radius 2 is 0.862 bits per heavy atom. The number of fused-ring (bicyclic) bond motifs is 8. The van der Waals surface area contributed by atoms with E-state index >= 15 is 0 Å². The average Bonchev–Trinajstić information content (AvgIpc) is 3.88. The van der Waals surface area contributed by atoms with Gasteiger partial charge in [-0.25, -0.2) is 15.0 Å². The normalized spacial score (nSPS) is 11.8. The molecule has 0 amide bonds. The van der Waals surface area contributed by atoms with E-state index in [2.05, 4.69) is 140 Å². The summed E-state index contributed by atoms with van der Waals surface area (Å²) in [5, 5.41) is 8.60. The van der Waals surface area contributed by atoms with E-state index in [0.29, 0.717) is 17.5 Å². The Hall–Kier alpha value is -7.89. The Morgan fingerprint density at radius 3 is 1.67 bits per heavy atom. The molecular formula is C53H31N3O2. The van der Waals surface area contributed by atoms with Crippen LogP contribution < -0.4 is 0 Å². The fourth-order valence-corrected chi connectivity index (χ4v) is 8.66. The van der Waals surface area contributed by atoms with Crippen LogP contribution in [-0.4, -0.2) is 15.0 Å². The first-order valence-corrected chi connectivity index (χ1v) is 19.4. The van der Waals surface area contributed by atoms with Crippen molar-refractivity contribution in [2.24, 2.45) is 0 Å². The topological polar surface area (TPSA) is 65.0 Å². The van der Waals surface area contributed by atoms with Crippen molar-refractivity contribution < 1.29 is 8.83 Å². The van der Waals surface area contributed by atoms with Gasteiger partial charge in [-0.3, -0.25) is 0 Å². The summed E-state index contributed by atoms with van der Waals surface area (Å²) in [5.41, 5.74) is 10.5. The molecule has 0 saturated heterocycles. The smallest absolute Gasteiger partial charge is 0.164 e. The van der Waals surface area contributed by atoms with Crippen molar-refractivity contribution >= 4 is 65.4 Å². The van der Waals surface area contributed by atoms with Crippen LogP contribution in [0.4, 0.5) is 0 Å². The average molecular weight is 742 g/mol. The van der Waals surface area contributed by atoms with E-state index in [0.717, 1.165) is 104 Å². The van der Waals surface area contributed by atoms with Gasteiger partial charge in [0.05, 0.1) is 0 Å². The van der Waals surface area contributed by atoms with Crippen molar-refractivity contribution in [3.05, 3.63) is 188 Å². The van der Waals surface area contributed by atoms with Crippen molar-refractivity contribution in [2.45, 2.75) is 0 Å². The number of benzene rings is 9. The second kappa shape index (κ2) is 12.8. The molecule has 0 unspecified atom stereocenters. The van der Waals surface area contributed by atoms with Crippen molar-refractivity contribution in [1.29, 1.82) is 0 Å². The number of hydrogen-bond acceptors (Lipinski definition) is 5. The summed E-state index contributed by atoms with van der Waals surface area (Å²) in [7, 11) is 0. The minimum atomic E-state index is 0.585. The minimum Gasteiger partial charge on any atom is -0.456 e. The van der Waals surface area contributed by atoms with Gasteiger partial charge in [0, 0.05) is 43.8 Å². The predicted octanol–water partition coefficient (Wildman–Crippen LogP) is 14.3. The highest BCUT2D eigenvalue weighted by Crippen LogP contribution is 2.45. The van der Waals surface area contributed by atoms with Crippen LogP contribution in [0, 0.1) is 0 Å². The first-order chi connectivity index (χ1) is 28.7. The molecule has 0 fully saturated rings. The Morgan fingerprint density at radius 1 is 0.293 bits per heavy atom. The monoisotopic (exact) mass is 741 g/mol. The highest BCUT2D eigenvalue weighted by molar-refractivity contribution is 6.19. The molecule has 270 valence electrons. The molecule has 0 bridgehead atoms. The van der Waals surface area contributed by atoms with Crippen molar-refractivity contribution in [3.8, 4) is 56.4 Å². The molecule has 3 aromatic heterocycles. The highest BCUT2D eigenvalue weighted by Gasteiger charge is 2.22. The summed E-state index contributed by atoms with van der Waals surface area (Å²) in [6.07, 6.45) is 0. The van der Waals surface area contributed by atoms with Crippen LogP contribution in [0.25, 0.3) is 122 Å². The van der Waals surface area contributed by atoms with E-state index in [1.807, 2.05) is 48.5 Å². The molecule has 12 rings (SSSR count). The summed E-state index contributed by atoms with van der Waals surface area (Å²) < 4.78 is 13.0.